The van der Waals surface area contributed by atoms with Gasteiger partial charge in [-0.25, -0.2) is 14.6 Å². The van der Waals surface area contributed by atoms with Crippen molar-refractivity contribution in [3.63, 3.8) is 0 Å². The average molecular weight is 568 g/mol. The number of aryl methyl sites for hydroxylation is 1. The topological polar surface area (TPSA) is 91.0 Å². The van der Waals surface area contributed by atoms with E-state index in [-0.39, 0.29) is 24.0 Å². The third-order valence-electron chi connectivity index (χ3n) is 8.25. The zero-order valence-corrected chi connectivity index (χ0v) is 24.1. The second-order valence-electron chi connectivity index (χ2n) is 11.0. The van der Waals surface area contributed by atoms with E-state index >= 15 is 0 Å². The summed E-state index contributed by atoms with van der Waals surface area (Å²) in [6.07, 6.45) is 5.73. The number of halogens is 1. The Hall–Kier alpha value is -4.28. The Morgan fingerprint density at radius 1 is 1.10 bits per heavy atom. The number of hydrogen-bond donors (Lipinski definition) is 0. The molecule has 4 aromatic heterocycles. The molecule has 6 rings (SSSR count). The molecule has 0 spiro atoms. The number of likely N-dealkylation sites (tertiary alicyclic amines) is 1. The normalized spacial score (nSPS) is 17.3. The van der Waals surface area contributed by atoms with Crippen LogP contribution in [0.25, 0.3) is 28.0 Å². The number of rotatable bonds is 10. The van der Waals surface area contributed by atoms with E-state index in [9.17, 15) is 9.18 Å². The van der Waals surface area contributed by atoms with Crippen LogP contribution < -0.4 is 0 Å². The van der Waals surface area contributed by atoms with Gasteiger partial charge in [0.2, 0.25) is 5.95 Å². The number of benzene rings is 1. The summed E-state index contributed by atoms with van der Waals surface area (Å²) in [5.74, 6) is -0.278. The molecular weight excluding hydrogens is 533 g/mol. The monoisotopic (exact) mass is 567 g/mol. The SMILES string of the molecule is COCCN1C[C@H](CC(=O)Cc2c(C)c(-c3cnc4c(cnn4C)c3)nn2-c2ccccc2)[C@@H](c2ccnc(F)c2)C1. The van der Waals surface area contributed by atoms with E-state index in [1.54, 1.807) is 18.0 Å². The number of carbonyl (C=O) groups is 1. The van der Waals surface area contributed by atoms with Crippen LogP contribution in [0.4, 0.5) is 4.39 Å². The highest BCUT2D eigenvalue weighted by atomic mass is 19.1. The molecule has 9 nitrogen and oxygen atoms in total. The third kappa shape index (κ3) is 5.60. The van der Waals surface area contributed by atoms with Crippen LogP contribution in [-0.4, -0.2) is 73.6 Å². The summed E-state index contributed by atoms with van der Waals surface area (Å²) in [6, 6.07) is 15.3. The molecule has 1 fully saturated rings. The lowest BCUT2D eigenvalue weighted by Gasteiger charge is -2.18. The highest BCUT2D eigenvalue weighted by Gasteiger charge is 2.35. The Balaban J connectivity index is 1.30. The number of fused-ring (bicyclic) bond motifs is 1. The first kappa shape index (κ1) is 27.9. The maximum atomic E-state index is 14.0. The van der Waals surface area contributed by atoms with Crippen molar-refractivity contribution in [2.75, 3.05) is 33.4 Å². The molecule has 0 aliphatic carbocycles. The number of aromatic nitrogens is 6. The Morgan fingerprint density at radius 2 is 1.93 bits per heavy atom. The Labute approximate surface area is 244 Å². The van der Waals surface area contributed by atoms with Gasteiger partial charge >= 0.3 is 0 Å². The number of pyridine rings is 2. The van der Waals surface area contributed by atoms with Gasteiger partial charge in [0.1, 0.15) is 5.78 Å². The van der Waals surface area contributed by atoms with Gasteiger partial charge in [-0.3, -0.25) is 9.48 Å². The molecule has 1 aliphatic heterocycles. The molecule has 216 valence electrons. The van der Waals surface area contributed by atoms with E-state index in [1.807, 2.05) is 67.3 Å². The highest BCUT2D eigenvalue weighted by Crippen LogP contribution is 2.36. The summed E-state index contributed by atoms with van der Waals surface area (Å²) in [4.78, 5) is 24.4. The van der Waals surface area contributed by atoms with Gasteiger partial charge in [-0.05, 0) is 54.3 Å². The zero-order chi connectivity index (χ0) is 29.2. The molecule has 2 atom stereocenters. The first-order valence-electron chi connectivity index (χ1n) is 14.2. The summed E-state index contributed by atoms with van der Waals surface area (Å²) in [7, 11) is 3.55. The lowest BCUT2D eigenvalue weighted by Crippen LogP contribution is -2.25. The zero-order valence-electron chi connectivity index (χ0n) is 24.1. The van der Waals surface area contributed by atoms with Crippen LogP contribution in [-0.2, 0) is 23.0 Å². The standard InChI is InChI=1S/C32H34FN7O2/c1-21-29(16-27(41)14-25-19-39(11-12-42-3)20-28(25)22-9-10-34-30(33)15-22)40(26-7-5-4-6-8-26)37-31(21)23-13-24-18-36-38(2)32(24)35-17-23/h4-10,13,15,17-18,25,28H,11-12,14,16,19-20H2,1-3H3/t25-,28+/m0/s1. The molecule has 1 aromatic carbocycles. The lowest BCUT2D eigenvalue weighted by molar-refractivity contribution is -0.119. The molecule has 0 radical (unpaired) electrons. The molecule has 0 unspecified atom stereocenters. The van der Waals surface area contributed by atoms with Gasteiger partial charge in [0.05, 0.1) is 29.9 Å². The lowest BCUT2D eigenvalue weighted by atomic mass is 9.85. The Kier molecular flexibility index (Phi) is 7.90. The molecular formula is C32H34FN7O2. The van der Waals surface area contributed by atoms with Crippen LogP contribution in [0.1, 0.15) is 29.2 Å². The molecule has 5 aromatic rings. The van der Waals surface area contributed by atoms with Crippen molar-refractivity contribution < 1.29 is 13.9 Å². The van der Waals surface area contributed by atoms with Crippen LogP contribution in [0, 0.1) is 18.8 Å². The van der Waals surface area contributed by atoms with Crippen LogP contribution in [0.15, 0.2) is 67.1 Å². The van der Waals surface area contributed by atoms with Crippen molar-refractivity contribution >= 4 is 16.8 Å². The van der Waals surface area contributed by atoms with Gasteiger partial charge in [0.25, 0.3) is 0 Å². The van der Waals surface area contributed by atoms with Crippen LogP contribution in [0.3, 0.4) is 0 Å². The Bertz CT molecular complexity index is 1710. The number of hydrogen-bond acceptors (Lipinski definition) is 7. The quantitative estimate of drug-likeness (QED) is 0.229. The van der Waals surface area contributed by atoms with Crippen molar-refractivity contribution in [2.24, 2.45) is 13.0 Å². The van der Waals surface area contributed by atoms with E-state index in [0.717, 1.165) is 64.4 Å². The smallest absolute Gasteiger partial charge is 0.213 e. The van der Waals surface area contributed by atoms with Crippen molar-refractivity contribution in [1.82, 2.24) is 34.4 Å². The first-order valence-corrected chi connectivity index (χ1v) is 14.2. The molecule has 0 bridgehead atoms. The number of Topliss-reactive ketones (excluding diaryl/α,β-unsaturated/α-hetero) is 1. The van der Waals surface area contributed by atoms with Crippen molar-refractivity contribution in [3.05, 3.63) is 89.9 Å². The number of nitrogens with zero attached hydrogens (tertiary/aromatic N) is 7. The first-order chi connectivity index (χ1) is 20.4. The highest BCUT2D eigenvalue weighted by molar-refractivity contribution is 5.84. The van der Waals surface area contributed by atoms with Crippen LogP contribution in [0.5, 0.6) is 0 Å². The maximum Gasteiger partial charge on any atom is 0.213 e. The maximum absolute atomic E-state index is 14.0. The summed E-state index contributed by atoms with van der Waals surface area (Å²) in [5, 5.41) is 10.2. The fourth-order valence-corrected chi connectivity index (χ4v) is 6.12. The molecule has 5 heterocycles. The predicted octanol–water partition coefficient (Wildman–Crippen LogP) is 4.53. The molecule has 0 amide bonds. The largest absolute Gasteiger partial charge is 0.383 e. The number of methoxy groups -OCH3 is 1. The minimum atomic E-state index is -0.498. The van der Waals surface area contributed by atoms with Crippen LogP contribution >= 0.6 is 0 Å². The van der Waals surface area contributed by atoms with Gasteiger partial charge in [-0.15, -0.1) is 0 Å². The van der Waals surface area contributed by atoms with Gasteiger partial charge in [0.15, 0.2) is 5.65 Å². The summed E-state index contributed by atoms with van der Waals surface area (Å²) in [6.45, 7) is 4.89. The Morgan fingerprint density at radius 3 is 2.71 bits per heavy atom. The number of ketones is 1. The van der Waals surface area contributed by atoms with Crippen molar-refractivity contribution in [1.29, 1.82) is 0 Å². The van der Waals surface area contributed by atoms with Gasteiger partial charge in [-0.1, -0.05) is 18.2 Å². The number of para-hydroxylation sites is 1. The minimum absolute atomic E-state index is 0.0382. The van der Waals surface area contributed by atoms with E-state index < -0.39 is 5.95 Å². The molecule has 1 saturated heterocycles. The third-order valence-corrected chi connectivity index (χ3v) is 8.25. The van der Waals surface area contributed by atoms with E-state index in [2.05, 4.69) is 20.0 Å². The van der Waals surface area contributed by atoms with Gasteiger partial charge in [0, 0.05) is 75.9 Å². The van der Waals surface area contributed by atoms with Crippen molar-refractivity contribution in [3.8, 4) is 16.9 Å². The second-order valence-corrected chi connectivity index (χ2v) is 11.0. The van der Waals surface area contributed by atoms with Gasteiger partial charge < -0.3 is 9.64 Å². The predicted molar refractivity (Wildman–Crippen MR) is 158 cm³/mol. The summed E-state index contributed by atoms with van der Waals surface area (Å²) >= 11 is 0. The van der Waals surface area contributed by atoms with E-state index in [0.29, 0.717) is 13.0 Å². The number of carbonyl (C=O) groups excluding carboxylic acids is 1. The molecule has 10 heteroatoms. The fraction of sp³-hybridized carbons (Fsp3) is 0.344. The molecule has 1 aliphatic rings. The molecule has 42 heavy (non-hydrogen) atoms. The fourth-order valence-electron chi connectivity index (χ4n) is 6.12. The minimum Gasteiger partial charge on any atom is -0.383 e. The summed E-state index contributed by atoms with van der Waals surface area (Å²) in [5.41, 5.74) is 6.03. The van der Waals surface area contributed by atoms with Gasteiger partial charge in [-0.2, -0.15) is 14.6 Å². The molecule has 0 N–H and O–H groups in total. The second kappa shape index (κ2) is 11.9. The van der Waals surface area contributed by atoms with Crippen molar-refractivity contribution in [2.45, 2.75) is 25.7 Å². The average Bonchev–Trinajstić information content (AvgIpc) is 3.67. The van der Waals surface area contributed by atoms with Crippen LogP contribution in [0.2, 0.25) is 0 Å². The molecule has 0 saturated carbocycles. The number of ether oxygens (including phenoxy) is 1. The van der Waals surface area contributed by atoms with E-state index in [4.69, 9.17) is 9.84 Å². The summed E-state index contributed by atoms with van der Waals surface area (Å²) < 4.78 is 23.0. The van der Waals surface area contributed by atoms with E-state index in [1.165, 1.54) is 12.3 Å².